The van der Waals surface area contributed by atoms with Crippen molar-refractivity contribution in [2.24, 2.45) is 0 Å². The molecular weight excluding hydrogens is 316 g/mol. The molecule has 0 aromatic carbocycles. The van der Waals surface area contributed by atoms with Gasteiger partial charge in [-0.1, -0.05) is 0 Å². The Morgan fingerprint density at radius 2 is 0.913 bits per heavy atom. The van der Waals surface area contributed by atoms with Crippen molar-refractivity contribution in [1.29, 1.82) is 0 Å². The van der Waals surface area contributed by atoms with Crippen molar-refractivity contribution in [1.82, 2.24) is 0 Å². The molecule has 6 nitrogen and oxygen atoms in total. The zero-order chi connectivity index (χ0) is 17.1. The highest BCUT2D eigenvalue weighted by molar-refractivity contribution is 7.79. The van der Waals surface area contributed by atoms with E-state index in [0.717, 1.165) is 12.1 Å². The highest BCUT2D eigenvalue weighted by Gasteiger charge is 2.43. The van der Waals surface area contributed by atoms with E-state index in [4.69, 9.17) is 17.5 Å². The van der Waals surface area contributed by atoms with E-state index in [0.29, 0.717) is 0 Å². The standard InChI is InChI=1S/C16H32N2.H2O4S/c1-17(11-3-4-12-17)15-7-9-16(10-8-15)18(2)13-5-6-14-18;1-5(2,3)4/h15-16H,3-14H2,1-2H3;(H2,1,2,3,4)/q+2;/p-2. The van der Waals surface area contributed by atoms with E-state index in [9.17, 15) is 0 Å². The van der Waals surface area contributed by atoms with Crippen LogP contribution in [-0.2, 0) is 10.4 Å². The third-order valence-electron chi connectivity index (χ3n) is 6.61. The fourth-order valence-electron chi connectivity index (χ4n) is 5.15. The molecule has 0 spiro atoms. The maximum Gasteiger partial charge on any atom is 0.0892 e. The van der Waals surface area contributed by atoms with Crippen LogP contribution in [0.4, 0.5) is 0 Å². The molecule has 136 valence electrons. The quantitative estimate of drug-likeness (QED) is 0.430. The summed E-state index contributed by atoms with van der Waals surface area (Å²) in [7, 11) is -0.103. The highest BCUT2D eigenvalue weighted by atomic mass is 32.3. The van der Waals surface area contributed by atoms with Crippen LogP contribution >= 0.6 is 0 Å². The van der Waals surface area contributed by atoms with E-state index in [1.165, 1.54) is 86.5 Å². The lowest BCUT2D eigenvalue weighted by molar-refractivity contribution is -0.937. The summed E-state index contributed by atoms with van der Waals surface area (Å²) in [4.78, 5) is 0. The first-order valence-electron chi connectivity index (χ1n) is 8.98. The Morgan fingerprint density at radius 3 is 1.13 bits per heavy atom. The Kier molecular flexibility index (Phi) is 6.11. The topological polar surface area (TPSA) is 80.3 Å². The van der Waals surface area contributed by atoms with Gasteiger partial charge in [0.2, 0.25) is 0 Å². The minimum Gasteiger partial charge on any atom is -0.759 e. The van der Waals surface area contributed by atoms with E-state index < -0.39 is 10.4 Å². The molecule has 2 aliphatic heterocycles. The SMILES string of the molecule is C[N+]1(C2CCC([N+]3(C)CCCC3)CC2)CCCC1.O=S(=O)([O-])[O-]. The fourth-order valence-corrected chi connectivity index (χ4v) is 5.15. The summed E-state index contributed by atoms with van der Waals surface area (Å²) in [6.45, 7) is 5.84. The molecule has 2 heterocycles. The molecule has 1 aliphatic carbocycles. The van der Waals surface area contributed by atoms with Crippen LogP contribution < -0.4 is 0 Å². The minimum atomic E-state index is -5.17. The number of hydrogen-bond acceptors (Lipinski definition) is 4. The van der Waals surface area contributed by atoms with Gasteiger partial charge in [-0.25, -0.2) is 0 Å². The number of nitrogens with zero attached hydrogens (tertiary/aromatic N) is 2. The second-order valence-corrected chi connectivity index (χ2v) is 8.95. The first-order valence-corrected chi connectivity index (χ1v) is 10.3. The van der Waals surface area contributed by atoms with Crippen molar-refractivity contribution in [3.8, 4) is 0 Å². The average Bonchev–Trinajstić information content (AvgIpc) is 3.08. The summed E-state index contributed by atoms with van der Waals surface area (Å²) in [6, 6.07) is 2.00. The monoisotopic (exact) mass is 348 g/mol. The first kappa shape index (κ1) is 19.1. The van der Waals surface area contributed by atoms with Crippen molar-refractivity contribution in [2.75, 3.05) is 40.3 Å². The number of quaternary nitrogens is 2. The average molecular weight is 349 g/mol. The molecule has 0 amide bonds. The maximum absolute atomic E-state index is 8.52. The zero-order valence-corrected chi connectivity index (χ0v) is 15.4. The van der Waals surface area contributed by atoms with Crippen molar-refractivity contribution >= 4 is 10.4 Å². The van der Waals surface area contributed by atoms with Crippen LogP contribution in [0.15, 0.2) is 0 Å². The molecule has 0 bridgehead atoms. The third-order valence-corrected chi connectivity index (χ3v) is 6.61. The molecule has 0 atom stereocenters. The van der Waals surface area contributed by atoms with Crippen molar-refractivity contribution in [3.05, 3.63) is 0 Å². The van der Waals surface area contributed by atoms with E-state index in [1.807, 2.05) is 0 Å². The normalized spacial score (nSPS) is 33.0. The van der Waals surface area contributed by atoms with Crippen LogP contribution in [0.3, 0.4) is 0 Å². The van der Waals surface area contributed by atoms with Gasteiger partial charge in [0.05, 0.1) is 52.4 Å². The molecule has 0 N–H and O–H groups in total. The van der Waals surface area contributed by atoms with Gasteiger partial charge in [-0.2, -0.15) is 0 Å². The Morgan fingerprint density at radius 1 is 0.696 bits per heavy atom. The number of rotatable bonds is 2. The van der Waals surface area contributed by atoms with Gasteiger partial charge >= 0.3 is 0 Å². The van der Waals surface area contributed by atoms with E-state index in [1.54, 1.807) is 0 Å². The summed E-state index contributed by atoms with van der Waals surface area (Å²) < 4.78 is 36.9. The summed E-state index contributed by atoms with van der Waals surface area (Å²) in [5, 5.41) is 0. The third kappa shape index (κ3) is 5.39. The molecule has 7 heteroatoms. The van der Waals surface area contributed by atoms with E-state index in [-0.39, 0.29) is 0 Å². The summed E-state index contributed by atoms with van der Waals surface area (Å²) in [5.74, 6) is 0. The van der Waals surface area contributed by atoms with Gasteiger partial charge in [-0.05, 0) is 0 Å². The summed E-state index contributed by atoms with van der Waals surface area (Å²) in [5.41, 5.74) is 0. The zero-order valence-electron chi connectivity index (χ0n) is 14.6. The molecule has 23 heavy (non-hydrogen) atoms. The molecule has 0 unspecified atom stereocenters. The Hall–Kier alpha value is -0.210. The van der Waals surface area contributed by atoms with Crippen LogP contribution in [-0.4, -0.2) is 78.8 Å². The molecule has 0 radical (unpaired) electrons. The van der Waals surface area contributed by atoms with Crippen molar-refractivity contribution < 1.29 is 26.5 Å². The largest absolute Gasteiger partial charge is 0.759 e. The summed E-state index contributed by atoms with van der Waals surface area (Å²) >= 11 is 0. The van der Waals surface area contributed by atoms with Crippen LogP contribution in [0.25, 0.3) is 0 Å². The lowest BCUT2D eigenvalue weighted by Gasteiger charge is -2.46. The van der Waals surface area contributed by atoms with Gasteiger partial charge < -0.3 is 18.1 Å². The van der Waals surface area contributed by atoms with Crippen molar-refractivity contribution in [2.45, 2.75) is 63.5 Å². The highest BCUT2D eigenvalue weighted by Crippen LogP contribution is 2.36. The fraction of sp³-hybridized carbons (Fsp3) is 1.00. The van der Waals surface area contributed by atoms with Crippen LogP contribution in [0.5, 0.6) is 0 Å². The minimum absolute atomic E-state index is 0.998. The van der Waals surface area contributed by atoms with Gasteiger partial charge in [-0.3, -0.25) is 8.42 Å². The predicted molar refractivity (Wildman–Crippen MR) is 86.8 cm³/mol. The molecule has 2 saturated heterocycles. The first-order chi connectivity index (χ1) is 10.6. The molecule has 3 fully saturated rings. The molecule has 0 aromatic rings. The van der Waals surface area contributed by atoms with Gasteiger partial charge in [0.15, 0.2) is 0 Å². The van der Waals surface area contributed by atoms with Crippen LogP contribution in [0, 0.1) is 0 Å². The molecule has 3 rings (SSSR count). The van der Waals surface area contributed by atoms with Crippen molar-refractivity contribution in [3.63, 3.8) is 0 Å². The predicted octanol–water partition coefficient (Wildman–Crippen LogP) is 1.44. The van der Waals surface area contributed by atoms with Crippen LogP contribution in [0.1, 0.15) is 51.4 Å². The smallest absolute Gasteiger partial charge is 0.0892 e. The Bertz CT molecular complexity index is 436. The Balaban J connectivity index is 0.000000338. The summed E-state index contributed by atoms with van der Waals surface area (Å²) in [6.07, 6.45) is 11.9. The van der Waals surface area contributed by atoms with E-state index in [2.05, 4.69) is 14.1 Å². The van der Waals surface area contributed by atoms with Crippen LogP contribution in [0.2, 0.25) is 0 Å². The molecule has 1 saturated carbocycles. The molecule has 0 aromatic heterocycles. The van der Waals surface area contributed by atoms with Gasteiger partial charge in [0.1, 0.15) is 0 Å². The molecule has 3 aliphatic rings. The van der Waals surface area contributed by atoms with Gasteiger partial charge in [-0.15, -0.1) is 0 Å². The second kappa shape index (κ2) is 7.35. The van der Waals surface area contributed by atoms with E-state index >= 15 is 0 Å². The maximum atomic E-state index is 8.52. The Labute approximate surface area is 141 Å². The molecular formula is C16H32N2O4S. The lowest BCUT2D eigenvalue weighted by atomic mass is 9.87. The van der Waals surface area contributed by atoms with Gasteiger partial charge in [0.25, 0.3) is 0 Å². The number of hydrogen-bond donors (Lipinski definition) is 0. The number of likely N-dealkylation sites (tertiary alicyclic amines) is 2. The second-order valence-electron chi connectivity index (χ2n) is 8.14. The van der Waals surface area contributed by atoms with Gasteiger partial charge in [0, 0.05) is 61.8 Å². The lowest BCUT2D eigenvalue weighted by Crippen LogP contribution is -2.56.